The van der Waals surface area contributed by atoms with Gasteiger partial charge in [-0.15, -0.1) is 0 Å². The van der Waals surface area contributed by atoms with Crippen LogP contribution in [0.15, 0.2) is 28.8 Å². The summed E-state index contributed by atoms with van der Waals surface area (Å²) in [6.07, 6.45) is 0. The van der Waals surface area contributed by atoms with Crippen molar-refractivity contribution in [3.05, 3.63) is 52.4 Å². The Morgan fingerprint density at radius 3 is 2.32 bits per heavy atom. The van der Waals surface area contributed by atoms with E-state index in [-0.39, 0.29) is 24.5 Å². The van der Waals surface area contributed by atoms with E-state index < -0.39 is 5.97 Å². The maximum absolute atomic E-state index is 12.1. The van der Waals surface area contributed by atoms with E-state index in [1.54, 1.807) is 26.0 Å². The van der Waals surface area contributed by atoms with Crippen LogP contribution < -0.4 is 5.32 Å². The van der Waals surface area contributed by atoms with Crippen LogP contribution in [0.3, 0.4) is 0 Å². The van der Waals surface area contributed by atoms with Crippen LogP contribution in [0.1, 0.15) is 53.7 Å². The fourth-order valence-corrected chi connectivity index (χ4v) is 2.29. The molecule has 1 heterocycles. The van der Waals surface area contributed by atoms with Crippen LogP contribution in [0.5, 0.6) is 0 Å². The predicted molar refractivity (Wildman–Crippen MR) is 93.2 cm³/mol. The Morgan fingerprint density at radius 2 is 1.80 bits per heavy atom. The van der Waals surface area contributed by atoms with Crippen molar-refractivity contribution in [1.82, 2.24) is 10.5 Å². The van der Waals surface area contributed by atoms with E-state index >= 15 is 0 Å². The summed E-state index contributed by atoms with van der Waals surface area (Å²) < 4.78 is 10.2. The first-order valence-corrected chi connectivity index (χ1v) is 8.14. The summed E-state index contributed by atoms with van der Waals surface area (Å²) in [6, 6.07) is 7.35. The van der Waals surface area contributed by atoms with Crippen molar-refractivity contribution in [2.24, 2.45) is 0 Å². The predicted octanol–water partition coefficient (Wildman–Crippen LogP) is 3.06. The minimum Gasteiger partial charge on any atom is -0.459 e. The molecule has 6 heteroatoms. The number of aryl methyl sites for hydroxylation is 2. The van der Waals surface area contributed by atoms with Gasteiger partial charge in [0.25, 0.3) is 5.91 Å². The Balaban J connectivity index is 1.84. The number of aromatic nitrogens is 1. The maximum atomic E-state index is 12.1. The summed E-state index contributed by atoms with van der Waals surface area (Å²) in [5.74, 6) is -0.206. The maximum Gasteiger partial charge on any atom is 0.325 e. The number of nitrogens with one attached hydrogen (secondary N) is 1. The zero-order valence-corrected chi connectivity index (χ0v) is 15.3. The van der Waals surface area contributed by atoms with E-state index in [4.69, 9.17) is 9.26 Å². The smallest absolute Gasteiger partial charge is 0.325 e. The molecule has 0 bridgehead atoms. The average molecular weight is 344 g/mol. The summed E-state index contributed by atoms with van der Waals surface area (Å²) >= 11 is 0. The van der Waals surface area contributed by atoms with Gasteiger partial charge in [-0.05, 0) is 37.0 Å². The highest BCUT2D eigenvalue weighted by Gasteiger charge is 2.15. The van der Waals surface area contributed by atoms with Crippen molar-refractivity contribution in [1.29, 1.82) is 0 Å². The molecule has 0 aliphatic heterocycles. The largest absolute Gasteiger partial charge is 0.459 e. The quantitative estimate of drug-likeness (QED) is 0.843. The number of amides is 1. The van der Waals surface area contributed by atoms with Crippen molar-refractivity contribution in [2.75, 3.05) is 6.54 Å². The summed E-state index contributed by atoms with van der Waals surface area (Å²) in [5, 5.41) is 6.36. The molecule has 0 aliphatic rings. The molecule has 0 unspecified atom stereocenters. The van der Waals surface area contributed by atoms with Crippen molar-refractivity contribution >= 4 is 11.9 Å². The lowest BCUT2D eigenvalue weighted by Gasteiger charge is -2.19. The number of hydrogen-bond acceptors (Lipinski definition) is 5. The first kappa shape index (κ1) is 18.7. The molecule has 0 saturated heterocycles. The Labute approximate surface area is 147 Å². The molecule has 2 rings (SSSR count). The van der Waals surface area contributed by atoms with Gasteiger partial charge in [-0.1, -0.05) is 38.1 Å². The van der Waals surface area contributed by atoms with Crippen LogP contribution in [-0.2, 0) is 21.6 Å². The molecule has 0 spiro atoms. The van der Waals surface area contributed by atoms with Gasteiger partial charge in [-0.25, -0.2) is 0 Å². The third-order valence-corrected chi connectivity index (χ3v) is 3.97. The highest BCUT2D eigenvalue weighted by molar-refractivity contribution is 5.95. The molecular formula is C19H24N2O4. The van der Waals surface area contributed by atoms with Gasteiger partial charge < -0.3 is 14.6 Å². The lowest BCUT2D eigenvalue weighted by molar-refractivity contribution is -0.143. The number of esters is 1. The van der Waals surface area contributed by atoms with Crippen LogP contribution in [-0.4, -0.2) is 23.6 Å². The van der Waals surface area contributed by atoms with Gasteiger partial charge in [-0.3, -0.25) is 9.59 Å². The Bertz CT molecular complexity index is 735. The summed E-state index contributed by atoms with van der Waals surface area (Å²) in [6.45, 7) is 9.75. The number of ether oxygens (including phenoxy) is 1. The minimum atomic E-state index is -0.514. The highest BCUT2D eigenvalue weighted by atomic mass is 16.5. The monoisotopic (exact) mass is 344 g/mol. The molecule has 0 saturated carbocycles. The van der Waals surface area contributed by atoms with Gasteiger partial charge in [0.2, 0.25) is 0 Å². The van der Waals surface area contributed by atoms with Crippen LogP contribution in [0.4, 0.5) is 0 Å². The molecule has 0 radical (unpaired) electrons. The second kappa shape index (κ2) is 7.51. The van der Waals surface area contributed by atoms with Gasteiger partial charge in [0.15, 0.2) is 0 Å². The minimum absolute atomic E-state index is 0.0248. The lowest BCUT2D eigenvalue weighted by atomic mass is 9.87. The van der Waals surface area contributed by atoms with Crippen LogP contribution in [0.25, 0.3) is 0 Å². The molecule has 0 fully saturated rings. The van der Waals surface area contributed by atoms with E-state index in [0.29, 0.717) is 17.0 Å². The topological polar surface area (TPSA) is 81.4 Å². The van der Waals surface area contributed by atoms with Crippen molar-refractivity contribution in [3.63, 3.8) is 0 Å². The molecule has 1 aromatic carbocycles. The first-order chi connectivity index (χ1) is 11.7. The van der Waals surface area contributed by atoms with E-state index in [1.165, 1.54) is 0 Å². The normalized spacial score (nSPS) is 11.2. The zero-order chi connectivity index (χ0) is 18.6. The van der Waals surface area contributed by atoms with Crippen LogP contribution in [0, 0.1) is 13.8 Å². The average Bonchev–Trinajstić information content (AvgIpc) is 2.88. The van der Waals surface area contributed by atoms with Gasteiger partial charge in [0.05, 0.1) is 11.3 Å². The number of carbonyl (C=O) groups excluding carboxylic acids is 2. The molecule has 0 atom stereocenters. The van der Waals surface area contributed by atoms with Gasteiger partial charge in [0, 0.05) is 5.56 Å². The lowest BCUT2D eigenvalue weighted by Crippen LogP contribution is -2.30. The molecule has 2 aromatic rings. The van der Waals surface area contributed by atoms with Crippen molar-refractivity contribution in [3.8, 4) is 0 Å². The molecule has 134 valence electrons. The Morgan fingerprint density at radius 1 is 1.16 bits per heavy atom. The Hall–Kier alpha value is -2.63. The molecule has 1 amide bonds. The van der Waals surface area contributed by atoms with E-state index in [2.05, 4.69) is 31.2 Å². The molecule has 1 N–H and O–H groups in total. The number of benzene rings is 1. The first-order valence-electron chi connectivity index (χ1n) is 8.14. The third kappa shape index (κ3) is 4.92. The van der Waals surface area contributed by atoms with Gasteiger partial charge in [-0.2, -0.15) is 0 Å². The number of carbonyl (C=O) groups is 2. The number of hydrogen-bond donors (Lipinski definition) is 1. The van der Waals surface area contributed by atoms with E-state index in [9.17, 15) is 9.59 Å². The molecule has 25 heavy (non-hydrogen) atoms. The van der Waals surface area contributed by atoms with Gasteiger partial charge >= 0.3 is 5.97 Å². The second-order valence-corrected chi connectivity index (χ2v) is 6.97. The number of rotatable bonds is 5. The molecule has 0 aliphatic carbocycles. The standard InChI is InChI=1S/C19H24N2O4/c1-12-16(13(2)25-21-12)11-24-17(22)10-20-18(23)14-6-8-15(9-7-14)19(3,4)5/h6-9H,10-11H2,1-5H3,(H,20,23). The van der Waals surface area contributed by atoms with Crippen molar-refractivity contribution in [2.45, 2.75) is 46.6 Å². The molecule has 1 aromatic heterocycles. The second-order valence-electron chi connectivity index (χ2n) is 6.97. The van der Waals surface area contributed by atoms with Gasteiger partial charge in [0.1, 0.15) is 18.9 Å². The van der Waals surface area contributed by atoms with E-state index in [0.717, 1.165) is 11.1 Å². The SMILES string of the molecule is Cc1noc(C)c1COC(=O)CNC(=O)c1ccc(C(C)(C)C)cc1. The molecule has 6 nitrogen and oxygen atoms in total. The fraction of sp³-hybridized carbons (Fsp3) is 0.421. The van der Waals surface area contributed by atoms with E-state index in [1.807, 2.05) is 12.1 Å². The zero-order valence-electron chi connectivity index (χ0n) is 15.3. The van der Waals surface area contributed by atoms with Crippen LogP contribution >= 0.6 is 0 Å². The summed E-state index contributed by atoms with van der Waals surface area (Å²) in [4.78, 5) is 23.9. The third-order valence-electron chi connectivity index (χ3n) is 3.97. The summed E-state index contributed by atoms with van der Waals surface area (Å²) in [7, 11) is 0. The van der Waals surface area contributed by atoms with Crippen molar-refractivity contribution < 1.29 is 18.8 Å². The fourth-order valence-electron chi connectivity index (χ4n) is 2.29. The van der Waals surface area contributed by atoms with Crippen LogP contribution in [0.2, 0.25) is 0 Å². The number of nitrogens with zero attached hydrogens (tertiary/aromatic N) is 1. The highest BCUT2D eigenvalue weighted by Crippen LogP contribution is 2.22. The Kier molecular flexibility index (Phi) is 5.62. The molecular weight excluding hydrogens is 320 g/mol. The summed E-state index contributed by atoms with van der Waals surface area (Å²) in [5.41, 5.74) is 3.11.